The van der Waals surface area contributed by atoms with E-state index in [0.29, 0.717) is 24.6 Å². The second kappa shape index (κ2) is 9.69. The van der Waals surface area contributed by atoms with E-state index in [1.807, 2.05) is 42.5 Å². The minimum atomic E-state index is -2.27. The predicted molar refractivity (Wildman–Crippen MR) is 135 cm³/mol. The summed E-state index contributed by atoms with van der Waals surface area (Å²) in [5.74, 6) is 0.558. The SMILES string of the molecule is COC(=O)Nc1ccccc1C1(O[Si](C)(C)C(C)(C)C)CCOC1=N[C@@H](C)c1ccccc1. The molecular formula is C26H36N2O4Si. The van der Waals surface area contributed by atoms with E-state index >= 15 is 0 Å². The van der Waals surface area contributed by atoms with E-state index in [9.17, 15) is 4.79 Å². The van der Waals surface area contributed by atoms with Crippen LogP contribution in [-0.4, -0.2) is 34.0 Å². The largest absolute Gasteiger partial charge is 0.479 e. The number of carbonyl (C=O) groups excluding carboxylic acids is 1. The van der Waals surface area contributed by atoms with E-state index < -0.39 is 20.0 Å². The Labute approximate surface area is 198 Å². The summed E-state index contributed by atoms with van der Waals surface area (Å²) in [6, 6.07) is 17.7. The summed E-state index contributed by atoms with van der Waals surface area (Å²) in [6.45, 7) is 13.6. The molecule has 6 nitrogen and oxygen atoms in total. The monoisotopic (exact) mass is 468 g/mol. The summed E-state index contributed by atoms with van der Waals surface area (Å²) in [6.07, 6.45) is 0.0830. The lowest BCUT2D eigenvalue weighted by atomic mass is 9.90. The molecule has 2 aromatic rings. The first kappa shape index (κ1) is 25.0. The first-order chi connectivity index (χ1) is 15.5. The topological polar surface area (TPSA) is 69.2 Å². The number of para-hydroxylation sites is 1. The molecule has 0 aromatic heterocycles. The number of hydrogen-bond donors (Lipinski definition) is 1. The molecule has 1 unspecified atom stereocenters. The molecule has 1 N–H and O–H groups in total. The minimum absolute atomic E-state index is 0.0243. The number of methoxy groups -OCH3 is 1. The van der Waals surface area contributed by atoms with Gasteiger partial charge in [-0.1, -0.05) is 69.3 Å². The van der Waals surface area contributed by atoms with Crippen LogP contribution in [0.1, 0.15) is 51.3 Å². The highest BCUT2D eigenvalue weighted by Gasteiger charge is 2.53. The van der Waals surface area contributed by atoms with Crippen molar-refractivity contribution in [2.75, 3.05) is 19.0 Å². The highest BCUT2D eigenvalue weighted by atomic mass is 28.4. The average molecular weight is 469 g/mol. The lowest BCUT2D eigenvalue weighted by molar-refractivity contribution is 0.124. The van der Waals surface area contributed by atoms with Gasteiger partial charge in [-0.05, 0) is 36.7 Å². The van der Waals surface area contributed by atoms with E-state index in [4.69, 9.17) is 18.9 Å². The van der Waals surface area contributed by atoms with Gasteiger partial charge in [0.2, 0.25) is 5.90 Å². The summed E-state index contributed by atoms with van der Waals surface area (Å²) < 4.78 is 18.2. The molecule has 1 aliphatic rings. The van der Waals surface area contributed by atoms with Crippen LogP contribution in [0.5, 0.6) is 0 Å². The van der Waals surface area contributed by atoms with Crippen LogP contribution in [0.4, 0.5) is 10.5 Å². The van der Waals surface area contributed by atoms with Crippen molar-refractivity contribution >= 4 is 26.0 Å². The fourth-order valence-electron chi connectivity index (χ4n) is 3.73. The van der Waals surface area contributed by atoms with Crippen LogP contribution in [0.15, 0.2) is 59.6 Å². The van der Waals surface area contributed by atoms with Crippen LogP contribution >= 0.6 is 0 Å². The molecule has 0 spiro atoms. The zero-order valence-electron chi connectivity index (χ0n) is 20.8. The Morgan fingerprint density at radius 3 is 2.39 bits per heavy atom. The summed E-state index contributed by atoms with van der Waals surface area (Å²) >= 11 is 0. The number of ether oxygens (including phenoxy) is 2. The van der Waals surface area contributed by atoms with E-state index in [1.165, 1.54) is 7.11 Å². The highest BCUT2D eigenvalue weighted by molar-refractivity contribution is 6.74. The lowest BCUT2D eigenvalue weighted by Gasteiger charge is -2.44. The van der Waals surface area contributed by atoms with Gasteiger partial charge >= 0.3 is 6.09 Å². The third-order valence-corrected chi connectivity index (χ3v) is 11.1. The van der Waals surface area contributed by atoms with Crippen molar-refractivity contribution in [3.63, 3.8) is 0 Å². The maximum absolute atomic E-state index is 12.1. The molecule has 0 radical (unpaired) electrons. The predicted octanol–water partition coefficient (Wildman–Crippen LogP) is 6.66. The van der Waals surface area contributed by atoms with Crippen molar-refractivity contribution in [2.24, 2.45) is 4.99 Å². The van der Waals surface area contributed by atoms with Crippen LogP contribution in [0, 0.1) is 0 Å². The van der Waals surface area contributed by atoms with E-state index in [-0.39, 0.29) is 11.1 Å². The standard InChI is InChI=1S/C26H36N2O4Si/c1-19(20-13-9-8-10-14-20)27-23-26(17-18-31-23,32-33(6,7)25(2,3)4)21-15-11-12-16-22(21)28-24(29)30-5/h8-16,19H,17-18H2,1-7H3,(H,28,29)/t19-,26?/m0/s1. The quantitative estimate of drug-likeness (QED) is 0.481. The van der Waals surface area contributed by atoms with Gasteiger partial charge in [0, 0.05) is 12.0 Å². The summed E-state index contributed by atoms with van der Waals surface area (Å²) in [7, 11) is -0.919. The fourth-order valence-corrected chi connectivity index (χ4v) is 5.21. The smallest absolute Gasteiger partial charge is 0.411 e. The number of rotatable bonds is 6. The summed E-state index contributed by atoms with van der Waals surface area (Å²) in [5, 5.41) is 2.83. The van der Waals surface area contributed by atoms with Crippen molar-refractivity contribution in [1.82, 2.24) is 0 Å². The van der Waals surface area contributed by atoms with Crippen molar-refractivity contribution in [3.05, 3.63) is 65.7 Å². The second-order valence-electron chi connectivity index (χ2n) is 9.97. The molecular weight excluding hydrogens is 432 g/mol. The minimum Gasteiger partial charge on any atom is -0.479 e. The molecule has 1 fully saturated rings. The van der Waals surface area contributed by atoms with Gasteiger partial charge in [-0.15, -0.1) is 0 Å². The maximum Gasteiger partial charge on any atom is 0.411 e. The normalized spacial score (nSPS) is 20.9. The van der Waals surface area contributed by atoms with E-state index in [1.54, 1.807) is 0 Å². The van der Waals surface area contributed by atoms with Gasteiger partial charge in [0.25, 0.3) is 0 Å². The fraction of sp³-hybridized carbons (Fsp3) is 0.462. The van der Waals surface area contributed by atoms with Crippen LogP contribution in [0.25, 0.3) is 0 Å². The number of anilines is 1. The Hall–Kier alpha value is -2.64. The third-order valence-electron chi connectivity index (χ3n) is 6.65. The van der Waals surface area contributed by atoms with Crippen LogP contribution in [0.2, 0.25) is 18.1 Å². The van der Waals surface area contributed by atoms with Crippen LogP contribution in [0.3, 0.4) is 0 Å². The number of benzene rings is 2. The van der Waals surface area contributed by atoms with Gasteiger partial charge in [-0.25, -0.2) is 9.79 Å². The van der Waals surface area contributed by atoms with Gasteiger partial charge in [0.15, 0.2) is 13.9 Å². The molecule has 33 heavy (non-hydrogen) atoms. The Morgan fingerprint density at radius 2 is 1.76 bits per heavy atom. The molecule has 0 bridgehead atoms. The molecule has 1 amide bonds. The molecule has 2 aromatic carbocycles. The lowest BCUT2D eigenvalue weighted by Crippen LogP contribution is -2.50. The Kier molecular flexibility index (Phi) is 7.34. The molecule has 3 rings (SSSR count). The van der Waals surface area contributed by atoms with Crippen molar-refractivity contribution < 1.29 is 18.7 Å². The van der Waals surface area contributed by atoms with Crippen molar-refractivity contribution in [1.29, 1.82) is 0 Å². The van der Waals surface area contributed by atoms with E-state index in [0.717, 1.165) is 11.1 Å². The number of nitrogens with zero attached hydrogens (tertiary/aromatic N) is 1. The number of hydrogen-bond acceptors (Lipinski definition) is 5. The zero-order valence-corrected chi connectivity index (χ0v) is 21.8. The third kappa shape index (κ3) is 5.30. The molecule has 1 heterocycles. The van der Waals surface area contributed by atoms with Crippen molar-refractivity contribution in [3.8, 4) is 0 Å². The van der Waals surface area contributed by atoms with Crippen LogP contribution in [-0.2, 0) is 19.5 Å². The molecule has 1 saturated heterocycles. The molecule has 0 aliphatic carbocycles. The van der Waals surface area contributed by atoms with E-state index in [2.05, 4.69) is 58.2 Å². The number of carbonyl (C=O) groups is 1. The maximum atomic E-state index is 12.1. The summed E-state index contributed by atoms with van der Waals surface area (Å²) in [4.78, 5) is 17.1. The Morgan fingerprint density at radius 1 is 1.12 bits per heavy atom. The Bertz CT molecular complexity index is 1000. The van der Waals surface area contributed by atoms with Gasteiger partial charge in [0.1, 0.15) is 0 Å². The number of nitrogens with one attached hydrogen (secondary N) is 1. The summed E-state index contributed by atoms with van der Waals surface area (Å²) in [5.41, 5.74) is 1.66. The van der Waals surface area contributed by atoms with Crippen molar-refractivity contribution in [2.45, 2.75) is 63.9 Å². The number of amides is 1. The highest BCUT2D eigenvalue weighted by Crippen LogP contribution is 2.48. The van der Waals surface area contributed by atoms with Gasteiger partial charge in [-0.3, -0.25) is 5.32 Å². The van der Waals surface area contributed by atoms with Crippen LogP contribution < -0.4 is 5.32 Å². The molecule has 7 heteroatoms. The molecule has 1 aliphatic heterocycles. The molecule has 178 valence electrons. The average Bonchev–Trinajstić information content (AvgIpc) is 3.15. The zero-order chi connectivity index (χ0) is 24.3. The van der Waals surface area contributed by atoms with Gasteiger partial charge in [0.05, 0.1) is 25.4 Å². The molecule has 2 atom stereocenters. The molecule has 0 saturated carbocycles. The Balaban J connectivity index is 2.17. The van der Waals surface area contributed by atoms with Gasteiger partial charge in [-0.2, -0.15) is 0 Å². The number of aliphatic imine (C=N–C) groups is 1. The second-order valence-corrected chi connectivity index (χ2v) is 14.7. The van der Waals surface area contributed by atoms with Gasteiger partial charge < -0.3 is 13.9 Å². The first-order valence-electron chi connectivity index (χ1n) is 11.4. The first-order valence-corrected chi connectivity index (χ1v) is 14.3.